The molecule has 7 heteroatoms. The lowest BCUT2D eigenvalue weighted by Crippen LogP contribution is -2.40. The number of benzene rings is 2. The number of hydrogen-bond acceptors (Lipinski definition) is 5. The highest BCUT2D eigenvalue weighted by Gasteiger charge is 2.46. The van der Waals surface area contributed by atoms with E-state index in [1.165, 1.54) is 20.0 Å². The van der Waals surface area contributed by atoms with Crippen molar-refractivity contribution in [2.45, 2.75) is 44.6 Å². The lowest BCUT2D eigenvalue weighted by Gasteiger charge is -2.31. The largest absolute Gasteiger partial charge is 0.493 e. The van der Waals surface area contributed by atoms with E-state index < -0.39 is 5.41 Å². The van der Waals surface area contributed by atoms with Crippen molar-refractivity contribution < 1.29 is 23.8 Å². The van der Waals surface area contributed by atoms with E-state index in [0.29, 0.717) is 30.9 Å². The molecule has 1 aliphatic heterocycles. The first-order valence-corrected chi connectivity index (χ1v) is 11.9. The first-order chi connectivity index (χ1) is 16.4. The lowest BCUT2D eigenvalue weighted by molar-refractivity contribution is 0.0930. The van der Waals surface area contributed by atoms with Crippen LogP contribution in [0.2, 0.25) is 0 Å². The van der Waals surface area contributed by atoms with Crippen LogP contribution in [0.3, 0.4) is 0 Å². The van der Waals surface area contributed by atoms with E-state index in [0.717, 1.165) is 24.2 Å². The molecule has 0 spiro atoms. The molecule has 1 heterocycles. The van der Waals surface area contributed by atoms with Gasteiger partial charge in [0.05, 0.1) is 20.3 Å². The third-order valence-electron chi connectivity index (χ3n) is 7.10. The number of carbonyl (C=O) groups is 2. The van der Waals surface area contributed by atoms with Crippen molar-refractivity contribution in [3.63, 3.8) is 0 Å². The molecule has 1 saturated carbocycles. The fourth-order valence-corrected chi connectivity index (χ4v) is 5.17. The van der Waals surface area contributed by atoms with Crippen LogP contribution in [-0.4, -0.2) is 56.9 Å². The summed E-state index contributed by atoms with van der Waals surface area (Å²) in [5.41, 5.74) is 1.27. The molecule has 0 bridgehead atoms. The van der Waals surface area contributed by atoms with Crippen LogP contribution < -0.4 is 14.8 Å². The van der Waals surface area contributed by atoms with Gasteiger partial charge < -0.3 is 24.4 Å². The van der Waals surface area contributed by atoms with Gasteiger partial charge in [-0.05, 0) is 55.5 Å². The van der Waals surface area contributed by atoms with E-state index in [2.05, 4.69) is 12.2 Å². The highest BCUT2D eigenvalue weighted by molar-refractivity contribution is 5.94. The topological polar surface area (TPSA) is 77.1 Å². The Labute approximate surface area is 201 Å². The van der Waals surface area contributed by atoms with Crippen molar-refractivity contribution in [2.75, 3.05) is 33.9 Å². The third kappa shape index (κ3) is 5.13. The smallest absolute Gasteiger partial charge is 0.409 e. The number of hydrogen-bond donors (Lipinski definition) is 1. The van der Waals surface area contributed by atoms with Crippen LogP contribution in [0, 0.1) is 5.41 Å². The molecule has 2 atom stereocenters. The van der Waals surface area contributed by atoms with Crippen LogP contribution in [0.15, 0.2) is 48.5 Å². The lowest BCUT2D eigenvalue weighted by atomic mass is 9.76. The minimum absolute atomic E-state index is 0.0143. The van der Waals surface area contributed by atoms with Gasteiger partial charge in [0.1, 0.15) is 0 Å². The van der Waals surface area contributed by atoms with Gasteiger partial charge in [0.2, 0.25) is 0 Å². The monoisotopic (exact) mass is 466 g/mol. The predicted octanol–water partition coefficient (Wildman–Crippen LogP) is 4.62. The SMILES string of the molecule is COC(=O)N1CC(c2ccc(OC)c(OC3CCCC3)c2)[C@@](C)(CNC(=O)c2ccccc2)C1. The highest BCUT2D eigenvalue weighted by Crippen LogP contribution is 2.45. The van der Waals surface area contributed by atoms with Gasteiger partial charge in [-0.15, -0.1) is 0 Å². The summed E-state index contributed by atoms with van der Waals surface area (Å²) in [6, 6.07) is 15.2. The molecule has 1 unspecified atom stereocenters. The maximum atomic E-state index is 12.7. The summed E-state index contributed by atoms with van der Waals surface area (Å²) in [4.78, 5) is 26.9. The Morgan fingerprint density at radius 2 is 1.79 bits per heavy atom. The number of methoxy groups -OCH3 is 2. The summed E-state index contributed by atoms with van der Waals surface area (Å²) in [6.45, 7) is 3.50. The van der Waals surface area contributed by atoms with E-state index in [4.69, 9.17) is 14.2 Å². The molecule has 0 aromatic heterocycles. The van der Waals surface area contributed by atoms with Gasteiger partial charge in [-0.25, -0.2) is 4.79 Å². The Balaban J connectivity index is 1.59. The van der Waals surface area contributed by atoms with Crippen LogP contribution in [-0.2, 0) is 4.74 Å². The number of rotatable bonds is 7. The number of nitrogens with one attached hydrogen (secondary N) is 1. The fourth-order valence-electron chi connectivity index (χ4n) is 5.17. The number of nitrogens with zero attached hydrogens (tertiary/aromatic N) is 1. The van der Waals surface area contributed by atoms with Crippen LogP contribution in [0.5, 0.6) is 11.5 Å². The first kappa shape index (κ1) is 23.9. The second kappa shape index (κ2) is 10.4. The second-order valence-electron chi connectivity index (χ2n) is 9.54. The summed E-state index contributed by atoms with van der Waals surface area (Å²) in [6.07, 6.45) is 4.31. The van der Waals surface area contributed by atoms with Crippen molar-refractivity contribution >= 4 is 12.0 Å². The van der Waals surface area contributed by atoms with Crippen LogP contribution in [0.25, 0.3) is 0 Å². The predicted molar refractivity (Wildman–Crippen MR) is 129 cm³/mol. The van der Waals surface area contributed by atoms with Crippen molar-refractivity contribution in [3.8, 4) is 11.5 Å². The molecule has 0 radical (unpaired) electrons. The fraction of sp³-hybridized carbons (Fsp3) is 0.481. The van der Waals surface area contributed by atoms with Crippen molar-refractivity contribution in [3.05, 3.63) is 59.7 Å². The number of ether oxygens (including phenoxy) is 3. The van der Waals surface area contributed by atoms with Gasteiger partial charge in [0.15, 0.2) is 11.5 Å². The molecule has 7 nitrogen and oxygen atoms in total. The zero-order valence-corrected chi connectivity index (χ0v) is 20.2. The number of amides is 2. The normalized spacial score (nSPS) is 22.4. The first-order valence-electron chi connectivity index (χ1n) is 11.9. The standard InChI is InChI=1S/C27H34N2O5/c1-27(17-28-25(30)19-9-5-4-6-10-19)18-29(26(31)33-3)16-22(27)20-13-14-23(32-2)24(15-20)34-21-11-7-8-12-21/h4-6,9-10,13-15,21-22H,7-8,11-12,16-18H2,1-3H3,(H,28,30)/t22?,27-/m0/s1. The Kier molecular flexibility index (Phi) is 7.29. The third-order valence-corrected chi connectivity index (χ3v) is 7.10. The molecular weight excluding hydrogens is 432 g/mol. The van der Waals surface area contributed by atoms with Crippen LogP contribution in [0.4, 0.5) is 4.79 Å². The van der Waals surface area contributed by atoms with Gasteiger partial charge in [-0.1, -0.05) is 31.2 Å². The molecule has 1 saturated heterocycles. The average molecular weight is 467 g/mol. The van der Waals surface area contributed by atoms with Gasteiger partial charge in [-0.2, -0.15) is 0 Å². The number of likely N-dealkylation sites (tertiary alicyclic amines) is 1. The number of carbonyl (C=O) groups excluding carboxylic acids is 2. The Bertz CT molecular complexity index is 1010. The molecule has 1 N–H and O–H groups in total. The molecule has 2 aromatic rings. The molecule has 2 aliphatic rings. The maximum absolute atomic E-state index is 12.7. The molecule has 1 aliphatic carbocycles. The average Bonchev–Trinajstić information content (AvgIpc) is 3.50. The Morgan fingerprint density at radius 3 is 2.47 bits per heavy atom. The van der Waals surface area contributed by atoms with Gasteiger partial charge in [0.25, 0.3) is 5.91 Å². The zero-order chi connectivity index (χ0) is 24.1. The minimum Gasteiger partial charge on any atom is -0.493 e. The molecule has 2 amide bonds. The van der Waals surface area contributed by atoms with E-state index in [-0.39, 0.29) is 24.0 Å². The summed E-state index contributed by atoms with van der Waals surface area (Å²) in [5.74, 6) is 1.30. The molecule has 34 heavy (non-hydrogen) atoms. The second-order valence-corrected chi connectivity index (χ2v) is 9.54. The molecule has 4 rings (SSSR count). The maximum Gasteiger partial charge on any atom is 0.409 e. The van der Waals surface area contributed by atoms with Crippen molar-refractivity contribution in [1.29, 1.82) is 0 Å². The summed E-state index contributed by atoms with van der Waals surface area (Å²) < 4.78 is 16.9. The van der Waals surface area contributed by atoms with Crippen molar-refractivity contribution in [2.24, 2.45) is 5.41 Å². The quantitative estimate of drug-likeness (QED) is 0.644. The Hall–Kier alpha value is -3.22. The highest BCUT2D eigenvalue weighted by atomic mass is 16.5. The molecule has 2 aromatic carbocycles. The van der Waals surface area contributed by atoms with E-state index >= 15 is 0 Å². The molecule has 2 fully saturated rings. The van der Waals surface area contributed by atoms with Crippen molar-refractivity contribution in [1.82, 2.24) is 10.2 Å². The van der Waals surface area contributed by atoms with Gasteiger partial charge in [0, 0.05) is 36.5 Å². The van der Waals surface area contributed by atoms with Crippen LogP contribution in [0.1, 0.15) is 54.4 Å². The zero-order valence-electron chi connectivity index (χ0n) is 20.2. The summed E-state index contributed by atoms with van der Waals surface area (Å²) in [7, 11) is 3.04. The van der Waals surface area contributed by atoms with E-state index in [9.17, 15) is 9.59 Å². The van der Waals surface area contributed by atoms with Gasteiger partial charge >= 0.3 is 6.09 Å². The van der Waals surface area contributed by atoms with E-state index in [1.54, 1.807) is 24.1 Å². The summed E-state index contributed by atoms with van der Waals surface area (Å²) >= 11 is 0. The molecule has 182 valence electrons. The Morgan fingerprint density at radius 1 is 1.06 bits per heavy atom. The minimum atomic E-state index is -0.391. The van der Waals surface area contributed by atoms with Gasteiger partial charge in [-0.3, -0.25) is 4.79 Å². The summed E-state index contributed by atoms with van der Waals surface area (Å²) in [5, 5.41) is 3.08. The van der Waals surface area contributed by atoms with Crippen LogP contribution >= 0.6 is 0 Å². The molecular formula is C27H34N2O5. The van der Waals surface area contributed by atoms with E-state index in [1.807, 2.05) is 36.4 Å².